The smallest absolute Gasteiger partial charge is 0.0669 e. The number of pyridine rings is 1. The van der Waals surface area contributed by atoms with Crippen LogP contribution in [-0.2, 0) is 0 Å². The molecule has 84 valence electrons. The lowest BCUT2D eigenvalue weighted by Crippen LogP contribution is -2.36. The highest BCUT2D eigenvalue weighted by atomic mass is 16.3. The van der Waals surface area contributed by atoms with Gasteiger partial charge in [0.15, 0.2) is 0 Å². The van der Waals surface area contributed by atoms with Crippen molar-refractivity contribution in [1.82, 2.24) is 4.98 Å². The fourth-order valence-electron chi connectivity index (χ4n) is 1.66. The number of aliphatic hydroxyl groups excluding tert-OH is 1. The van der Waals surface area contributed by atoms with Gasteiger partial charge in [-0.3, -0.25) is 4.98 Å². The van der Waals surface area contributed by atoms with Crippen molar-refractivity contribution in [1.29, 1.82) is 0 Å². The molecule has 0 saturated heterocycles. The van der Waals surface area contributed by atoms with E-state index in [-0.39, 0.29) is 11.3 Å². The summed E-state index contributed by atoms with van der Waals surface area (Å²) in [4.78, 5) is 3.96. The molecule has 2 unspecified atom stereocenters. The van der Waals surface area contributed by atoms with Crippen LogP contribution in [0.1, 0.15) is 32.3 Å². The molecule has 3 heteroatoms. The average molecular weight is 208 g/mol. The van der Waals surface area contributed by atoms with Crippen LogP contribution in [-0.4, -0.2) is 22.7 Å². The van der Waals surface area contributed by atoms with E-state index in [2.05, 4.69) is 4.98 Å². The minimum absolute atomic E-state index is 0.0204. The Morgan fingerprint density at radius 2 is 1.87 bits per heavy atom. The molecule has 0 aromatic carbocycles. The zero-order valence-electron chi connectivity index (χ0n) is 9.64. The summed E-state index contributed by atoms with van der Waals surface area (Å²) in [5.74, 6) is -0.0204. The quantitative estimate of drug-likeness (QED) is 0.792. The van der Waals surface area contributed by atoms with Crippen molar-refractivity contribution < 1.29 is 5.11 Å². The molecule has 0 aliphatic rings. The van der Waals surface area contributed by atoms with Gasteiger partial charge in [-0.15, -0.1) is 0 Å². The predicted octanol–water partition coefficient (Wildman–Crippen LogP) is 1.53. The predicted molar refractivity (Wildman–Crippen MR) is 61.5 cm³/mol. The Bertz CT molecular complexity index is 292. The Morgan fingerprint density at radius 1 is 1.33 bits per heavy atom. The number of aliphatic hydroxyl groups is 1. The zero-order chi connectivity index (χ0) is 11.5. The molecule has 0 aliphatic carbocycles. The van der Waals surface area contributed by atoms with Crippen LogP contribution >= 0.6 is 0 Å². The summed E-state index contributed by atoms with van der Waals surface area (Å²) in [6.45, 7) is 6.49. The van der Waals surface area contributed by atoms with E-state index < -0.39 is 6.10 Å². The van der Waals surface area contributed by atoms with E-state index in [1.807, 2.05) is 32.9 Å². The fraction of sp³-hybridized carbons (Fsp3) is 0.583. The number of hydrogen-bond acceptors (Lipinski definition) is 3. The van der Waals surface area contributed by atoms with Gasteiger partial charge in [-0.05, 0) is 23.1 Å². The molecule has 1 rings (SSSR count). The van der Waals surface area contributed by atoms with Gasteiger partial charge < -0.3 is 10.8 Å². The SMILES string of the molecule is CC(C)(C)C(O)C(CN)c1ccncc1. The van der Waals surface area contributed by atoms with Gasteiger partial charge in [0, 0.05) is 24.9 Å². The topological polar surface area (TPSA) is 59.1 Å². The highest BCUT2D eigenvalue weighted by Gasteiger charge is 2.30. The van der Waals surface area contributed by atoms with Gasteiger partial charge in [0.25, 0.3) is 0 Å². The summed E-state index contributed by atoms with van der Waals surface area (Å²) in [5.41, 5.74) is 6.61. The van der Waals surface area contributed by atoms with Crippen molar-refractivity contribution in [3.05, 3.63) is 30.1 Å². The van der Waals surface area contributed by atoms with Crippen molar-refractivity contribution >= 4 is 0 Å². The second-order valence-electron chi connectivity index (χ2n) is 4.93. The average Bonchev–Trinajstić information content (AvgIpc) is 2.19. The van der Waals surface area contributed by atoms with Crippen LogP contribution in [0.4, 0.5) is 0 Å². The van der Waals surface area contributed by atoms with Gasteiger partial charge in [-0.1, -0.05) is 20.8 Å². The summed E-state index contributed by atoms with van der Waals surface area (Å²) in [6, 6.07) is 3.82. The van der Waals surface area contributed by atoms with Gasteiger partial charge in [-0.25, -0.2) is 0 Å². The van der Waals surface area contributed by atoms with Gasteiger partial charge in [0.05, 0.1) is 6.10 Å². The number of aromatic nitrogens is 1. The molecule has 0 spiro atoms. The van der Waals surface area contributed by atoms with E-state index in [1.54, 1.807) is 12.4 Å². The monoisotopic (exact) mass is 208 g/mol. The largest absolute Gasteiger partial charge is 0.392 e. The second kappa shape index (κ2) is 4.73. The van der Waals surface area contributed by atoms with Crippen molar-refractivity contribution in [3.63, 3.8) is 0 Å². The van der Waals surface area contributed by atoms with E-state index in [1.165, 1.54) is 0 Å². The summed E-state index contributed by atoms with van der Waals surface area (Å²) in [5, 5.41) is 10.2. The maximum absolute atomic E-state index is 10.2. The first-order valence-corrected chi connectivity index (χ1v) is 5.25. The molecule has 0 aliphatic heterocycles. The molecule has 0 amide bonds. The lowest BCUT2D eigenvalue weighted by molar-refractivity contribution is 0.0407. The van der Waals surface area contributed by atoms with E-state index in [0.29, 0.717) is 6.54 Å². The van der Waals surface area contributed by atoms with Crippen LogP contribution in [0.5, 0.6) is 0 Å². The Balaban J connectivity index is 2.90. The number of rotatable bonds is 3. The Labute approximate surface area is 91.3 Å². The van der Waals surface area contributed by atoms with Crippen LogP contribution in [0.2, 0.25) is 0 Å². The van der Waals surface area contributed by atoms with Crippen LogP contribution < -0.4 is 5.73 Å². The Hall–Kier alpha value is -0.930. The Morgan fingerprint density at radius 3 is 2.27 bits per heavy atom. The molecule has 0 fully saturated rings. The first-order chi connectivity index (χ1) is 6.96. The summed E-state index contributed by atoms with van der Waals surface area (Å²) < 4.78 is 0. The molecule has 1 aromatic rings. The maximum Gasteiger partial charge on any atom is 0.0669 e. The molecule has 1 aromatic heterocycles. The van der Waals surface area contributed by atoms with Crippen molar-refractivity contribution in [2.45, 2.75) is 32.8 Å². The first kappa shape index (κ1) is 12.1. The molecule has 0 bridgehead atoms. The number of nitrogens with zero attached hydrogens (tertiary/aromatic N) is 1. The van der Waals surface area contributed by atoms with Gasteiger partial charge in [-0.2, -0.15) is 0 Å². The van der Waals surface area contributed by atoms with Crippen molar-refractivity contribution in [3.8, 4) is 0 Å². The first-order valence-electron chi connectivity index (χ1n) is 5.25. The van der Waals surface area contributed by atoms with Crippen LogP contribution in [0.25, 0.3) is 0 Å². The highest BCUT2D eigenvalue weighted by molar-refractivity contribution is 5.18. The van der Waals surface area contributed by atoms with Gasteiger partial charge in [0.1, 0.15) is 0 Å². The molecule has 15 heavy (non-hydrogen) atoms. The normalized spacial score (nSPS) is 16.1. The summed E-state index contributed by atoms with van der Waals surface area (Å²) >= 11 is 0. The lowest BCUT2D eigenvalue weighted by atomic mass is 9.78. The molecule has 0 radical (unpaired) electrons. The molecular formula is C12H20N2O. The summed E-state index contributed by atoms with van der Waals surface area (Å²) in [7, 11) is 0. The molecule has 0 saturated carbocycles. The lowest BCUT2D eigenvalue weighted by Gasteiger charge is -2.32. The van der Waals surface area contributed by atoms with Gasteiger partial charge in [0.2, 0.25) is 0 Å². The van der Waals surface area contributed by atoms with Crippen LogP contribution in [0.3, 0.4) is 0 Å². The van der Waals surface area contributed by atoms with E-state index in [0.717, 1.165) is 5.56 Å². The van der Waals surface area contributed by atoms with Crippen LogP contribution in [0, 0.1) is 5.41 Å². The highest BCUT2D eigenvalue weighted by Crippen LogP contribution is 2.30. The zero-order valence-corrected chi connectivity index (χ0v) is 9.64. The summed E-state index contributed by atoms with van der Waals surface area (Å²) in [6.07, 6.45) is 3.02. The molecule has 3 N–H and O–H groups in total. The fourth-order valence-corrected chi connectivity index (χ4v) is 1.66. The van der Waals surface area contributed by atoms with E-state index >= 15 is 0 Å². The Kier molecular flexibility index (Phi) is 3.83. The molecule has 2 atom stereocenters. The minimum Gasteiger partial charge on any atom is -0.392 e. The minimum atomic E-state index is -0.440. The number of nitrogens with two attached hydrogens (primary N) is 1. The maximum atomic E-state index is 10.2. The molecule has 3 nitrogen and oxygen atoms in total. The third-order valence-corrected chi connectivity index (χ3v) is 2.66. The van der Waals surface area contributed by atoms with Gasteiger partial charge >= 0.3 is 0 Å². The van der Waals surface area contributed by atoms with Crippen molar-refractivity contribution in [2.75, 3.05) is 6.54 Å². The number of hydrogen-bond donors (Lipinski definition) is 2. The third-order valence-electron chi connectivity index (χ3n) is 2.66. The van der Waals surface area contributed by atoms with Crippen molar-refractivity contribution in [2.24, 2.45) is 11.1 Å². The third kappa shape index (κ3) is 3.01. The molecule has 1 heterocycles. The van der Waals surface area contributed by atoms with Crippen LogP contribution in [0.15, 0.2) is 24.5 Å². The standard InChI is InChI=1S/C12H20N2O/c1-12(2,3)11(15)10(8-13)9-4-6-14-7-5-9/h4-7,10-11,15H,8,13H2,1-3H3. The van der Waals surface area contributed by atoms with E-state index in [9.17, 15) is 5.11 Å². The molecular weight excluding hydrogens is 188 g/mol. The second-order valence-corrected chi connectivity index (χ2v) is 4.93. The van der Waals surface area contributed by atoms with E-state index in [4.69, 9.17) is 5.73 Å².